The molecule has 27 heavy (non-hydrogen) atoms. The van der Waals surface area contributed by atoms with E-state index in [2.05, 4.69) is 10.4 Å². The maximum atomic E-state index is 12.3. The van der Waals surface area contributed by atoms with Gasteiger partial charge in [-0.15, -0.1) is 0 Å². The van der Waals surface area contributed by atoms with Crippen LogP contribution in [0.25, 0.3) is 5.69 Å². The Labute approximate surface area is 156 Å². The number of nitrogens with zero attached hydrogens (tertiary/aromatic N) is 2. The number of para-hydroxylation sites is 1. The van der Waals surface area contributed by atoms with Crippen molar-refractivity contribution in [3.63, 3.8) is 0 Å². The Bertz CT molecular complexity index is 1040. The fourth-order valence-corrected chi connectivity index (χ4v) is 3.36. The Morgan fingerprint density at radius 3 is 2.41 bits per heavy atom. The summed E-state index contributed by atoms with van der Waals surface area (Å²) in [7, 11) is -4.05. The molecule has 8 nitrogen and oxygen atoms in total. The highest BCUT2D eigenvalue weighted by atomic mass is 32.2. The van der Waals surface area contributed by atoms with E-state index in [0.717, 1.165) is 5.69 Å². The van der Waals surface area contributed by atoms with Crippen LogP contribution >= 0.6 is 0 Å². The fraction of sp³-hybridized carbons (Fsp3) is 0.111. The number of hydrogen-bond donors (Lipinski definition) is 3. The van der Waals surface area contributed by atoms with Gasteiger partial charge in [-0.2, -0.15) is 5.10 Å². The van der Waals surface area contributed by atoms with Gasteiger partial charge in [0.1, 0.15) is 5.82 Å². The van der Waals surface area contributed by atoms with Crippen molar-refractivity contribution >= 4 is 21.9 Å². The molecule has 2 aromatic carbocycles. The maximum Gasteiger partial charge on any atom is 0.334 e. The summed E-state index contributed by atoms with van der Waals surface area (Å²) in [5, 5.41) is 15.8. The van der Waals surface area contributed by atoms with Crippen molar-refractivity contribution in [3.05, 3.63) is 71.9 Å². The van der Waals surface area contributed by atoms with Crippen LogP contribution in [0.2, 0.25) is 0 Å². The minimum Gasteiger partial charge on any atom is -0.392 e. The van der Waals surface area contributed by atoms with Gasteiger partial charge < -0.3 is 5.11 Å². The summed E-state index contributed by atoms with van der Waals surface area (Å²) in [5.74, 6) is 0.335. The first-order valence-corrected chi connectivity index (χ1v) is 9.53. The Morgan fingerprint density at radius 2 is 1.78 bits per heavy atom. The van der Waals surface area contributed by atoms with Crippen molar-refractivity contribution in [2.75, 3.05) is 5.32 Å². The molecule has 9 heteroatoms. The monoisotopic (exact) mass is 386 g/mol. The summed E-state index contributed by atoms with van der Waals surface area (Å²) in [5.41, 5.74) is 1.96. The lowest BCUT2D eigenvalue weighted by molar-refractivity contribution is 0.256. The van der Waals surface area contributed by atoms with E-state index < -0.39 is 16.1 Å². The minimum atomic E-state index is -4.05. The summed E-state index contributed by atoms with van der Waals surface area (Å²) in [6.07, 6.45) is 0. The van der Waals surface area contributed by atoms with Crippen molar-refractivity contribution in [3.8, 4) is 5.69 Å². The van der Waals surface area contributed by atoms with Crippen LogP contribution in [-0.2, 0) is 16.6 Å². The fourth-order valence-electron chi connectivity index (χ4n) is 2.45. The third-order valence-corrected chi connectivity index (χ3v) is 5.06. The van der Waals surface area contributed by atoms with E-state index in [9.17, 15) is 13.2 Å². The number of aryl methyl sites for hydroxylation is 1. The molecule has 1 aromatic heterocycles. The largest absolute Gasteiger partial charge is 0.392 e. The van der Waals surface area contributed by atoms with Gasteiger partial charge in [-0.3, -0.25) is 5.32 Å². The van der Waals surface area contributed by atoms with Gasteiger partial charge in [0.2, 0.25) is 0 Å². The number of aliphatic hydroxyl groups is 1. The van der Waals surface area contributed by atoms with E-state index >= 15 is 0 Å². The van der Waals surface area contributed by atoms with Crippen molar-refractivity contribution in [1.29, 1.82) is 0 Å². The average Bonchev–Trinajstić information content (AvgIpc) is 3.02. The van der Waals surface area contributed by atoms with Gasteiger partial charge in [-0.25, -0.2) is 22.6 Å². The van der Waals surface area contributed by atoms with Gasteiger partial charge in [-0.1, -0.05) is 30.3 Å². The van der Waals surface area contributed by atoms with Crippen molar-refractivity contribution < 1.29 is 18.3 Å². The number of aliphatic hydroxyl groups excluding tert-OH is 1. The summed E-state index contributed by atoms with van der Waals surface area (Å²) >= 11 is 0. The predicted molar refractivity (Wildman–Crippen MR) is 100 cm³/mol. The molecule has 0 unspecified atom stereocenters. The van der Waals surface area contributed by atoms with Crippen LogP contribution in [-0.4, -0.2) is 29.3 Å². The predicted octanol–water partition coefficient (Wildman–Crippen LogP) is 2.18. The van der Waals surface area contributed by atoms with Crippen molar-refractivity contribution in [1.82, 2.24) is 14.5 Å². The highest BCUT2D eigenvalue weighted by Gasteiger charge is 2.19. The summed E-state index contributed by atoms with van der Waals surface area (Å²) in [6.45, 7) is 1.57. The number of hydrogen-bond acceptors (Lipinski definition) is 5. The summed E-state index contributed by atoms with van der Waals surface area (Å²) in [6, 6.07) is 15.5. The highest BCUT2D eigenvalue weighted by Crippen LogP contribution is 2.17. The molecular formula is C18H18N4O4S. The molecule has 3 N–H and O–H groups in total. The quantitative estimate of drug-likeness (QED) is 0.622. The van der Waals surface area contributed by atoms with Gasteiger partial charge in [-0.05, 0) is 36.8 Å². The van der Waals surface area contributed by atoms with Crippen molar-refractivity contribution in [2.45, 2.75) is 18.4 Å². The molecule has 0 spiro atoms. The molecule has 0 radical (unpaired) electrons. The zero-order valence-electron chi connectivity index (χ0n) is 14.5. The second-order valence-corrected chi connectivity index (χ2v) is 7.46. The molecule has 0 aliphatic carbocycles. The number of carbonyl (C=O) groups excluding carboxylic acids is 1. The molecule has 2 amide bonds. The van der Waals surface area contributed by atoms with Crippen LogP contribution in [0.3, 0.4) is 0 Å². The Balaban J connectivity index is 1.78. The van der Waals surface area contributed by atoms with E-state index in [1.54, 1.807) is 13.0 Å². The van der Waals surface area contributed by atoms with E-state index in [4.69, 9.17) is 5.11 Å². The Kier molecular flexibility index (Phi) is 5.24. The standard InChI is InChI=1S/C18H18N4O4S/c1-13-11-17(22(20-13)15-5-3-2-4-6-15)19-18(24)21-27(25,26)16-9-7-14(12-23)8-10-16/h2-11,23H,12H2,1H3,(H2,19,21,24). The topological polar surface area (TPSA) is 113 Å². The van der Waals surface area contributed by atoms with Crippen LogP contribution in [0.5, 0.6) is 0 Å². The average molecular weight is 386 g/mol. The normalized spacial score (nSPS) is 11.2. The molecule has 1 heterocycles. The summed E-state index contributed by atoms with van der Waals surface area (Å²) in [4.78, 5) is 12.2. The second-order valence-electron chi connectivity index (χ2n) is 5.78. The zero-order chi connectivity index (χ0) is 19.4. The van der Waals surface area contributed by atoms with Gasteiger partial charge in [0.05, 0.1) is 22.9 Å². The van der Waals surface area contributed by atoms with Crippen LogP contribution < -0.4 is 10.0 Å². The van der Waals surface area contributed by atoms with E-state index in [1.807, 2.05) is 35.1 Å². The molecular weight excluding hydrogens is 368 g/mol. The van der Waals surface area contributed by atoms with Crippen LogP contribution in [0.4, 0.5) is 10.6 Å². The number of benzene rings is 2. The first-order chi connectivity index (χ1) is 12.9. The number of sulfonamides is 1. The third-order valence-electron chi connectivity index (χ3n) is 3.72. The first-order valence-electron chi connectivity index (χ1n) is 8.05. The lowest BCUT2D eigenvalue weighted by Gasteiger charge is -2.11. The molecule has 140 valence electrons. The molecule has 0 atom stereocenters. The number of rotatable bonds is 5. The molecule has 0 bridgehead atoms. The van der Waals surface area contributed by atoms with Gasteiger partial charge >= 0.3 is 6.03 Å². The number of carbonyl (C=O) groups is 1. The molecule has 0 saturated heterocycles. The molecule has 3 aromatic rings. The van der Waals surface area contributed by atoms with E-state index in [0.29, 0.717) is 17.1 Å². The lowest BCUT2D eigenvalue weighted by Crippen LogP contribution is -2.34. The van der Waals surface area contributed by atoms with Crippen LogP contribution in [0.1, 0.15) is 11.3 Å². The third kappa shape index (κ3) is 4.33. The number of urea groups is 1. The maximum absolute atomic E-state index is 12.3. The second kappa shape index (κ2) is 7.60. The van der Waals surface area contributed by atoms with Gasteiger partial charge in [0.15, 0.2) is 0 Å². The Morgan fingerprint density at radius 1 is 1.11 bits per heavy atom. The van der Waals surface area contributed by atoms with E-state index in [-0.39, 0.29) is 11.5 Å². The van der Waals surface area contributed by atoms with Crippen LogP contribution in [0.15, 0.2) is 65.6 Å². The Hall–Kier alpha value is -3.17. The molecule has 0 aliphatic heterocycles. The van der Waals surface area contributed by atoms with Gasteiger partial charge in [0, 0.05) is 6.07 Å². The van der Waals surface area contributed by atoms with Crippen molar-refractivity contribution in [2.24, 2.45) is 0 Å². The number of anilines is 1. The smallest absolute Gasteiger partial charge is 0.334 e. The molecule has 0 fully saturated rings. The molecule has 0 saturated carbocycles. The van der Waals surface area contributed by atoms with E-state index in [1.165, 1.54) is 28.9 Å². The van der Waals surface area contributed by atoms with Gasteiger partial charge in [0.25, 0.3) is 10.0 Å². The lowest BCUT2D eigenvalue weighted by atomic mass is 10.2. The molecule has 0 aliphatic rings. The minimum absolute atomic E-state index is 0.0809. The SMILES string of the molecule is Cc1cc(NC(=O)NS(=O)(=O)c2ccc(CO)cc2)n(-c2ccccc2)n1. The molecule has 3 rings (SSSR count). The number of aromatic nitrogens is 2. The zero-order valence-corrected chi connectivity index (χ0v) is 15.3. The summed E-state index contributed by atoms with van der Waals surface area (Å²) < 4.78 is 28.1. The highest BCUT2D eigenvalue weighted by molar-refractivity contribution is 7.90. The number of nitrogens with one attached hydrogen (secondary N) is 2. The van der Waals surface area contributed by atoms with Crippen LogP contribution in [0, 0.1) is 6.92 Å². The first kappa shape index (κ1) is 18.6. The number of amides is 2.